The lowest BCUT2D eigenvalue weighted by Gasteiger charge is -2.43. The molecule has 2 rings (SSSR count). The van der Waals surface area contributed by atoms with E-state index in [2.05, 4.69) is 40.5 Å². The molecule has 0 spiro atoms. The number of nitrogens with zero attached hydrogens (tertiary/aromatic N) is 2. The van der Waals surface area contributed by atoms with Crippen LogP contribution in [-0.2, 0) is 4.79 Å². The van der Waals surface area contributed by atoms with E-state index in [0.717, 1.165) is 44.1 Å². The molecule has 1 aliphatic heterocycles. The lowest BCUT2D eigenvalue weighted by Crippen LogP contribution is -2.53. The van der Waals surface area contributed by atoms with Crippen molar-refractivity contribution in [1.29, 1.82) is 0 Å². The van der Waals surface area contributed by atoms with Gasteiger partial charge in [-0.3, -0.25) is 4.79 Å². The summed E-state index contributed by atoms with van der Waals surface area (Å²) < 4.78 is 2.42. The van der Waals surface area contributed by atoms with Gasteiger partial charge in [0.25, 0.3) is 0 Å². The molecule has 3 N–H and O–H groups in total. The first-order valence-electron chi connectivity index (χ1n) is 8.28. The molecule has 1 aromatic rings. The molecule has 1 aliphatic rings. The summed E-state index contributed by atoms with van der Waals surface area (Å²) in [5, 5.41) is 2.74. The van der Waals surface area contributed by atoms with Gasteiger partial charge in [-0.15, -0.1) is 0 Å². The van der Waals surface area contributed by atoms with Crippen LogP contribution in [0.4, 0.5) is 5.69 Å². The van der Waals surface area contributed by atoms with Crippen LogP contribution in [0.2, 0.25) is 0 Å². The molecule has 128 valence electrons. The minimum absolute atomic E-state index is 0.640. The molecule has 0 aromatic heterocycles. The summed E-state index contributed by atoms with van der Waals surface area (Å²) in [5.74, 6) is 0.734. The number of rotatable bonds is 10. The van der Waals surface area contributed by atoms with Crippen LogP contribution in [0.15, 0.2) is 29.2 Å². The van der Waals surface area contributed by atoms with Gasteiger partial charge >= 0.3 is 0 Å². The van der Waals surface area contributed by atoms with E-state index in [9.17, 15) is 4.79 Å². The summed E-state index contributed by atoms with van der Waals surface area (Å²) in [5.41, 5.74) is 6.55. The molecule has 23 heavy (non-hydrogen) atoms. The summed E-state index contributed by atoms with van der Waals surface area (Å²) in [7, 11) is 0. The predicted molar refractivity (Wildman–Crippen MR) is 97.2 cm³/mol. The molecule has 0 saturated carbocycles. The summed E-state index contributed by atoms with van der Waals surface area (Å²) in [6, 6.07) is 8.66. The van der Waals surface area contributed by atoms with Gasteiger partial charge in [0.1, 0.15) is 0 Å². The monoisotopic (exact) mass is 336 g/mol. The Labute approximate surface area is 143 Å². The number of nitrogens with one attached hydrogen (secondary N) is 1. The zero-order chi connectivity index (χ0) is 16.7. The van der Waals surface area contributed by atoms with Crippen molar-refractivity contribution in [1.82, 2.24) is 14.5 Å². The number of benzene rings is 1. The normalized spacial score (nSPS) is 15.8. The van der Waals surface area contributed by atoms with Gasteiger partial charge in [-0.1, -0.05) is 0 Å². The third-order valence-electron chi connectivity index (χ3n) is 4.10. The molecule has 5 nitrogen and oxygen atoms in total. The Morgan fingerprint density at radius 1 is 1.39 bits per heavy atom. The molecular formula is C17H28N4OS. The predicted octanol–water partition coefficient (Wildman–Crippen LogP) is 2.05. The summed E-state index contributed by atoms with van der Waals surface area (Å²) >= 11 is 1.79. The van der Waals surface area contributed by atoms with Gasteiger partial charge in [-0.25, -0.2) is 4.31 Å². The highest BCUT2D eigenvalue weighted by molar-refractivity contribution is 7.97. The van der Waals surface area contributed by atoms with E-state index in [1.54, 1.807) is 11.9 Å². The van der Waals surface area contributed by atoms with Crippen LogP contribution in [0.1, 0.15) is 20.3 Å². The number of carbonyl (C=O) groups is 1. The number of anilines is 1. The standard InChI is InChI=1S/C17H28N4OS/c1-14(2)20-10-15(11-20)12-21(9-3-8-19-13-22)23-17-6-4-16(18)5-7-17/h4-7,13-15H,3,8-12,18H2,1-2H3,(H,19,22). The molecule has 0 radical (unpaired) electrons. The maximum absolute atomic E-state index is 10.4. The van der Waals surface area contributed by atoms with Crippen molar-refractivity contribution in [2.24, 2.45) is 5.92 Å². The van der Waals surface area contributed by atoms with Crippen molar-refractivity contribution in [2.45, 2.75) is 31.2 Å². The van der Waals surface area contributed by atoms with Gasteiger partial charge in [0.2, 0.25) is 6.41 Å². The molecule has 6 heteroatoms. The fourth-order valence-corrected chi connectivity index (χ4v) is 3.76. The van der Waals surface area contributed by atoms with Crippen LogP contribution in [0.25, 0.3) is 0 Å². The van der Waals surface area contributed by atoms with Crippen molar-refractivity contribution < 1.29 is 4.79 Å². The second kappa shape index (κ2) is 9.15. The third kappa shape index (κ3) is 6.05. The molecule has 1 fully saturated rings. The molecule has 1 aromatic carbocycles. The Hall–Kier alpha value is -1.24. The highest BCUT2D eigenvalue weighted by atomic mass is 32.2. The molecule has 0 atom stereocenters. The molecular weight excluding hydrogens is 308 g/mol. The lowest BCUT2D eigenvalue weighted by atomic mass is 9.98. The minimum Gasteiger partial charge on any atom is -0.399 e. The van der Waals surface area contributed by atoms with Gasteiger partial charge in [-0.05, 0) is 62.4 Å². The van der Waals surface area contributed by atoms with Crippen LogP contribution in [0, 0.1) is 5.92 Å². The second-order valence-electron chi connectivity index (χ2n) is 6.39. The van der Waals surface area contributed by atoms with Gasteiger partial charge in [0, 0.05) is 49.3 Å². The number of hydrogen-bond acceptors (Lipinski definition) is 5. The maximum atomic E-state index is 10.4. The van der Waals surface area contributed by atoms with Crippen LogP contribution in [0.5, 0.6) is 0 Å². The van der Waals surface area contributed by atoms with E-state index < -0.39 is 0 Å². The Kier molecular flexibility index (Phi) is 7.20. The second-order valence-corrected chi connectivity index (χ2v) is 7.56. The first kappa shape index (κ1) is 18.1. The summed E-state index contributed by atoms with van der Waals surface area (Å²) in [4.78, 5) is 14.1. The Morgan fingerprint density at radius 2 is 2.09 bits per heavy atom. The van der Waals surface area contributed by atoms with Crippen molar-refractivity contribution in [3.63, 3.8) is 0 Å². The van der Waals surface area contributed by atoms with E-state index in [4.69, 9.17) is 5.73 Å². The van der Waals surface area contributed by atoms with Gasteiger partial charge in [0.05, 0.1) is 0 Å². The van der Waals surface area contributed by atoms with Gasteiger partial charge in [0.15, 0.2) is 0 Å². The van der Waals surface area contributed by atoms with Crippen molar-refractivity contribution in [2.75, 3.05) is 38.5 Å². The zero-order valence-corrected chi connectivity index (χ0v) is 14.9. The first-order chi connectivity index (χ1) is 11.1. The number of amides is 1. The molecule has 0 bridgehead atoms. The summed E-state index contributed by atoms with van der Waals surface area (Å²) in [6.45, 7) is 9.65. The van der Waals surface area contributed by atoms with Crippen LogP contribution >= 0.6 is 11.9 Å². The van der Waals surface area contributed by atoms with E-state index in [0.29, 0.717) is 6.04 Å². The largest absolute Gasteiger partial charge is 0.399 e. The lowest BCUT2D eigenvalue weighted by molar-refractivity contribution is -0.109. The fraction of sp³-hybridized carbons (Fsp3) is 0.588. The van der Waals surface area contributed by atoms with Crippen molar-refractivity contribution in [3.05, 3.63) is 24.3 Å². The number of likely N-dealkylation sites (tertiary alicyclic amines) is 1. The van der Waals surface area contributed by atoms with Crippen molar-refractivity contribution >= 4 is 24.0 Å². The number of hydrogen-bond donors (Lipinski definition) is 2. The third-order valence-corrected chi connectivity index (χ3v) is 5.18. The smallest absolute Gasteiger partial charge is 0.207 e. The average Bonchev–Trinajstić information content (AvgIpc) is 2.48. The highest BCUT2D eigenvalue weighted by Crippen LogP contribution is 2.27. The fourth-order valence-electron chi connectivity index (χ4n) is 2.70. The van der Waals surface area contributed by atoms with Crippen LogP contribution in [-0.4, -0.2) is 54.4 Å². The van der Waals surface area contributed by atoms with E-state index >= 15 is 0 Å². The molecule has 0 aliphatic carbocycles. The van der Waals surface area contributed by atoms with E-state index in [-0.39, 0.29) is 0 Å². The molecule has 1 heterocycles. The van der Waals surface area contributed by atoms with Crippen LogP contribution < -0.4 is 11.1 Å². The summed E-state index contributed by atoms with van der Waals surface area (Å²) in [6.07, 6.45) is 1.73. The molecule has 1 amide bonds. The SMILES string of the molecule is CC(C)N1CC(CN(CCCNC=O)Sc2ccc(N)cc2)C1. The minimum atomic E-state index is 0.640. The Morgan fingerprint density at radius 3 is 2.70 bits per heavy atom. The van der Waals surface area contributed by atoms with E-state index in [1.165, 1.54) is 18.0 Å². The number of carbonyl (C=O) groups excluding carboxylic acids is 1. The van der Waals surface area contributed by atoms with Gasteiger partial charge < -0.3 is 16.0 Å². The topological polar surface area (TPSA) is 61.6 Å². The van der Waals surface area contributed by atoms with E-state index in [1.807, 2.05) is 12.1 Å². The van der Waals surface area contributed by atoms with Crippen LogP contribution in [0.3, 0.4) is 0 Å². The maximum Gasteiger partial charge on any atom is 0.207 e. The quantitative estimate of drug-likeness (QED) is 0.296. The zero-order valence-electron chi connectivity index (χ0n) is 14.1. The Bertz CT molecular complexity index is 474. The molecule has 1 saturated heterocycles. The Balaban J connectivity index is 1.84. The first-order valence-corrected chi connectivity index (χ1v) is 9.05. The number of nitrogens with two attached hydrogens (primary N) is 1. The molecule has 0 unspecified atom stereocenters. The van der Waals surface area contributed by atoms with Crippen molar-refractivity contribution in [3.8, 4) is 0 Å². The number of nitrogen functional groups attached to an aromatic ring is 1. The highest BCUT2D eigenvalue weighted by Gasteiger charge is 2.29. The average molecular weight is 337 g/mol. The van der Waals surface area contributed by atoms with Gasteiger partial charge in [-0.2, -0.15) is 0 Å².